The summed E-state index contributed by atoms with van der Waals surface area (Å²) in [7, 11) is 0. The lowest BCUT2D eigenvalue weighted by atomic mass is 10.1. The van der Waals surface area contributed by atoms with Gasteiger partial charge in [0.1, 0.15) is 17.6 Å². The molecule has 0 radical (unpaired) electrons. The predicted molar refractivity (Wildman–Crippen MR) is 90.8 cm³/mol. The van der Waals surface area contributed by atoms with Crippen LogP contribution in [0, 0.1) is 0 Å². The van der Waals surface area contributed by atoms with Gasteiger partial charge in [0.05, 0.1) is 25.0 Å². The van der Waals surface area contributed by atoms with E-state index in [4.69, 9.17) is 9.15 Å². The molecule has 6 nitrogen and oxygen atoms in total. The quantitative estimate of drug-likeness (QED) is 0.727. The summed E-state index contributed by atoms with van der Waals surface area (Å²) in [5.41, 5.74) is 0.940. The summed E-state index contributed by atoms with van der Waals surface area (Å²) >= 11 is 0. The first-order valence-electron chi connectivity index (χ1n) is 7.98. The Bertz CT molecular complexity index is 640. The normalized spacial score (nSPS) is 13.4. The van der Waals surface area contributed by atoms with E-state index >= 15 is 0 Å². The Morgan fingerprint density at radius 1 is 1.25 bits per heavy atom. The monoisotopic (exact) mass is 332 g/mol. The van der Waals surface area contributed by atoms with Gasteiger partial charge in [0.25, 0.3) is 0 Å². The number of hydrogen-bond acceptors (Lipinski definition) is 4. The molecule has 1 aromatic heterocycles. The van der Waals surface area contributed by atoms with Crippen molar-refractivity contribution in [2.45, 2.75) is 39.0 Å². The smallest absolute Gasteiger partial charge is 0.315 e. The van der Waals surface area contributed by atoms with Crippen molar-refractivity contribution in [3.05, 3.63) is 54.0 Å². The van der Waals surface area contributed by atoms with Crippen molar-refractivity contribution < 1.29 is 19.1 Å². The molecule has 1 aromatic carbocycles. The van der Waals surface area contributed by atoms with Gasteiger partial charge in [-0.25, -0.2) is 4.79 Å². The summed E-state index contributed by atoms with van der Waals surface area (Å²) in [6.45, 7) is 5.89. The van der Waals surface area contributed by atoms with Crippen LogP contribution in [-0.2, 0) is 0 Å². The second-order valence-electron chi connectivity index (χ2n) is 5.85. The minimum absolute atomic E-state index is 0.0720. The van der Waals surface area contributed by atoms with Gasteiger partial charge in [-0.3, -0.25) is 0 Å². The SMILES string of the molecule is CC(C)Oc1cccc(C(C)NC(=O)NCC(O)c2ccco2)c1. The van der Waals surface area contributed by atoms with E-state index < -0.39 is 6.10 Å². The lowest BCUT2D eigenvalue weighted by Crippen LogP contribution is -2.39. The molecule has 0 aliphatic carbocycles. The maximum absolute atomic E-state index is 12.0. The molecule has 2 amide bonds. The zero-order valence-electron chi connectivity index (χ0n) is 14.2. The summed E-state index contributed by atoms with van der Waals surface area (Å²) in [6, 6.07) is 10.4. The molecular formula is C18H24N2O4. The number of aliphatic hydroxyl groups excluding tert-OH is 1. The highest BCUT2D eigenvalue weighted by atomic mass is 16.5. The van der Waals surface area contributed by atoms with E-state index in [2.05, 4.69) is 10.6 Å². The Labute approximate surface area is 141 Å². The molecule has 2 rings (SSSR count). The summed E-state index contributed by atoms with van der Waals surface area (Å²) in [5.74, 6) is 1.19. The number of rotatable bonds is 7. The largest absolute Gasteiger partial charge is 0.491 e. The molecule has 0 saturated heterocycles. The van der Waals surface area contributed by atoms with Crippen molar-refractivity contribution in [3.8, 4) is 5.75 Å². The number of ether oxygens (including phenoxy) is 1. The number of hydrogen-bond donors (Lipinski definition) is 3. The minimum atomic E-state index is -0.871. The maximum atomic E-state index is 12.0. The molecule has 0 aliphatic rings. The number of carbonyl (C=O) groups is 1. The molecule has 3 N–H and O–H groups in total. The van der Waals surface area contributed by atoms with Crippen molar-refractivity contribution in [3.63, 3.8) is 0 Å². The van der Waals surface area contributed by atoms with Gasteiger partial charge in [-0.15, -0.1) is 0 Å². The highest BCUT2D eigenvalue weighted by Crippen LogP contribution is 2.20. The number of amides is 2. The molecule has 0 saturated carbocycles. The van der Waals surface area contributed by atoms with Crippen LogP contribution in [-0.4, -0.2) is 23.8 Å². The molecule has 6 heteroatoms. The molecule has 0 spiro atoms. The van der Waals surface area contributed by atoms with Crippen molar-refractivity contribution >= 4 is 6.03 Å². The number of aliphatic hydroxyl groups is 1. The molecule has 2 atom stereocenters. The fourth-order valence-corrected chi connectivity index (χ4v) is 2.23. The van der Waals surface area contributed by atoms with Crippen LogP contribution in [0.3, 0.4) is 0 Å². The van der Waals surface area contributed by atoms with Crippen LogP contribution in [0.15, 0.2) is 47.1 Å². The van der Waals surface area contributed by atoms with E-state index in [1.807, 2.05) is 45.0 Å². The first kappa shape index (κ1) is 17.9. The van der Waals surface area contributed by atoms with E-state index in [-0.39, 0.29) is 24.7 Å². The highest BCUT2D eigenvalue weighted by Gasteiger charge is 2.14. The Balaban J connectivity index is 1.85. The van der Waals surface area contributed by atoms with Gasteiger partial charge in [0, 0.05) is 0 Å². The van der Waals surface area contributed by atoms with Gasteiger partial charge in [0.15, 0.2) is 0 Å². The summed E-state index contributed by atoms with van der Waals surface area (Å²) in [5, 5.41) is 15.3. The molecule has 24 heavy (non-hydrogen) atoms. The van der Waals surface area contributed by atoms with Crippen LogP contribution in [0.2, 0.25) is 0 Å². The molecular weight excluding hydrogens is 308 g/mol. The number of furan rings is 1. The molecule has 2 aromatic rings. The number of nitrogens with one attached hydrogen (secondary N) is 2. The van der Waals surface area contributed by atoms with Crippen molar-refractivity contribution in [1.82, 2.24) is 10.6 Å². The van der Waals surface area contributed by atoms with Crippen LogP contribution >= 0.6 is 0 Å². The van der Waals surface area contributed by atoms with Crippen LogP contribution < -0.4 is 15.4 Å². The Kier molecular flexibility index (Phi) is 6.26. The average Bonchev–Trinajstić information content (AvgIpc) is 3.06. The summed E-state index contributed by atoms with van der Waals surface area (Å²) < 4.78 is 10.7. The van der Waals surface area contributed by atoms with Gasteiger partial charge in [-0.2, -0.15) is 0 Å². The lowest BCUT2D eigenvalue weighted by molar-refractivity contribution is 0.147. The van der Waals surface area contributed by atoms with E-state index in [1.54, 1.807) is 12.1 Å². The van der Waals surface area contributed by atoms with E-state index in [0.29, 0.717) is 5.76 Å². The van der Waals surface area contributed by atoms with E-state index in [0.717, 1.165) is 11.3 Å². The Morgan fingerprint density at radius 2 is 2.04 bits per heavy atom. The van der Waals surface area contributed by atoms with Crippen LogP contribution in [0.25, 0.3) is 0 Å². The van der Waals surface area contributed by atoms with E-state index in [1.165, 1.54) is 6.26 Å². The maximum Gasteiger partial charge on any atom is 0.315 e. The predicted octanol–water partition coefficient (Wildman–Crippen LogP) is 3.16. The standard InChI is InChI=1S/C18H24N2O4/c1-12(2)24-15-7-4-6-14(10-15)13(3)20-18(22)19-11-16(21)17-8-5-9-23-17/h4-10,12-13,16,21H,11H2,1-3H3,(H2,19,20,22). The van der Waals surface area contributed by atoms with Gasteiger partial charge >= 0.3 is 6.03 Å². The van der Waals surface area contributed by atoms with Crippen LogP contribution in [0.5, 0.6) is 5.75 Å². The van der Waals surface area contributed by atoms with Crippen LogP contribution in [0.1, 0.15) is 44.2 Å². The first-order chi connectivity index (χ1) is 11.5. The number of benzene rings is 1. The molecule has 0 bridgehead atoms. The third kappa shape index (κ3) is 5.31. The van der Waals surface area contributed by atoms with Gasteiger partial charge in [-0.1, -0.05) is 12.1 Å². The number of urea groups is 1. The fraction of sp³-hybridized carbons (Fsp3) is 0.389. The third-order valence-electron chi connectivity index (χ3n) is 3.41. The topological polar surface area (TPSA) is 83.7 Å². The zero-order chi connectivity index (χ0) is 17.5. The lowest BCUT2D eigenvalue weighted by Gasteiger charge is -2.17. The molecule has 130 valence electrons. The second kappa shape index (κ2) is 8.40. The molecule has 0 aliphatic heterocycles. The second-order valence-corrected chi connectivity index (χ2v) is 5.85. The van der Waals surface area contributed by atoms with Crippen LogP contribution in [0.4, 0.5) is 4.79 Å². The molecule has 1 heterocycles. The third-order valence-corrected chi connectivity index (χ3v) is 3.41. The Morgan fingerprint density at radius 3 is 2.71 bits per heavy atom. The van der Waals surface area contributed by atoms with Crippen molar-refractivity contribution in [2.24, 2.45) is 0 Å². The van der Waals surface area contributed by atoms with Gasteiger partial charge in [-0.05, 0) is 50.6 Å². The van der Waals surface area contributed by atoms with Crippen molar-refractivity contribution in [1.29, 1.82) is 0 Å². The van der Waals surface area contributed by atoms with Gasteiger partial charge in [0.2, 0.25) is 0 Å². The van der Waals surface area contributed by atoms with Crippen molar-refractivity contribution in [2.75, 3.05) is 6.54 Å². The Hall–Kier alpha value is -2.47. The minimum Gasteiger partial charge on any atom is -0.491 e. The summed E-state index contributed by atoms with van der Waals surface area (Å²) in [6.07, 6.45) is 0.700. The van der Waals surface area contributed by atoms with Gasteiger partial charge < -0.3 is 24.9 Å². The fourth-order valence-electron chi connectivity index (χ4n) is 2.23. The molecule has 2 unspecified atom stereocenters. The first-order valence-corrected chi connectivity index (χ1v) is 7.98. The van der Waals surface area contributed by atoms with E-state index in [9.17, 15) is 9.90 Å². The number of carbonyl (C=O) groups excluding carboxylic acids is 1. The highest BCUT2D eigenvalue weighted by molar-refractivity contribution is 5.74. The summed E-state index contributed by atoms with van der Waals surface area (Å²) in [4.78, 5) is 12.0. The average molecular weight is 332 g/mol. The molecule has 0 fully saturated rings. The zero-order valence-corrected chi connectivity index (χ0v) is 14.2.